The molecule has 0 atom stereocenters. The number of halogens is 2. The highest BCUT2D eigenvalue weighted by atomic mass is 35.5. The molecular formula is C12H13ClFN5S. The van der Waals surface area contributed by atoms with E-state index < -0.39 is 0 Å². The minimum atomic E-state index is -0.365. The summed E-state index contributed by atoms with van der Waals surface area (Å²) < 4.78 is 14.5. The molecule has 0 saturated heterocycles. The molecule has 0 bridgehead atoms. The molecule has 1 heterocycles. The van der Waals surface area contributed by atoms with E-state index in [9.17, 15) is 4.39 Å². The van der Waals surface area contributed by atoms with E-state index in [0.29, 0.717) is 22.6 Å². The largest absolute Gasteiger partial charge is 0.363 e. The maximum Gasteiger partial charge on any atom is 0.248 e. The molecule has 0 fully saturated rings. The van der Waals surface area contributed by atoms with E-state index in [-0.39, 0.29) is 5.82 Å². The van der Waals surface area contributed by atoms with Crippen molar-refractivity contribution in [2.24, 2.45) is 0 Å². The minimum absolute atomic E-state index is 0.359. The first-order valence-corrected chi connectivity index (χ1v) is 6.75. The highest BCUT2D eigenvalue weighted by Crippen LogP contribution is 2.18. The van der Waals surface area contributed by atoms with E-state index in [2.05, 4.69) is 20.7 Å². The van der Waals surface area contributed by atoms with Gasteiger partial charge in [-0.25, -0.2) is 14.1 Å². The van der Waals surface area contributed by atoms with E-state index >= 15 is 0 Å². The topological polar surface area (TPSA) is 54.8 Å². The van der Waals surface area contributed by atoms with Gasteiger partial charge in [0.1, 0.15) is 12.1 Å². The van der Waals surface area contributed by atoms with Crippen LogP contribution >= 0.6 is 23.8 Å². The van der Waals surface area contributed by atoms with Gasteiger partial charge in [0.15, 0.2) is 5.11 Å². The molecule has 8 heteroatoms. The molecular weight excluding hydrogens is 301 g/mol. The normalized spacial score (nSPS) is 10.3. The van der Waals surface area contributed by atoms with E-state index in [1.54, 1.807) is 17.1 Å². The summed E-state index contributed by atoms with van der Waals surface area (Å²) in [6.45, 7) is 3.07. The summed E-state index contributed by atoms with van der Waals surface area (Å²) in [5.74, 6) is 0.0323. The molecule has 20 heavy (non-hydrogen) atoms. The monoisotopic (exact) mass is 313 g/mol. The predicted molar refractivity (Wildman–Crippen MR) is 80.4 cm³/mol. The van der Waals surface area contributed by atoms with Crippen molar-refractivity contribution >= 4 is 34.9 Å². The highest BCUT2D eigenvalue weighted by Gasteiger charge is 2.06. The molecule has 0 saturated carbocycles. The summed E-state index contributed by atoms with van der Waals surface area (Å²) in [5, 5.41) is 10.8. The van der Waals surface area contributed by atoms with Crippen molar-refractivity contribution < 1.29 is 4.39 Å². The van der Waals surface area contributed by atoms with Crippen LogP contribution in [0.4, 0.5) is 10.3 Å². The van der Waals surface area contributed by atoms with Crippen LogP contribution in [0.2, 0.25) is 5.02 Å². The highest BCUT2D eigenvalue weighted by molar-refractivity contribution is 7.80. The summed E-state index contributed by atoms with van der Waals surface area (Å²) >= 11 is 11.0. The second kappa shape index (κ2) is 6.62. The average Bonchev–Trinajstić information content (AvgIpc) is 2.80. The lowest BCUT2D eigenvalue weighted by atomic mass is 10.2. The first-order chi connectivity index (χ1) is 9.58. The molecule has 1 aromatic carbocycles. The number of nitrogens with one attached hydrogen (secondary N) is 2. The number of hydrogen-bond donors (Lipinski definition) is 2. The lowest BCUT2D eigenvalue weighted by molar-refractivity contribution is 0.624. The molecule has 106 valence electrons. The van der Waals surface area contributed by atoms with Crippen LogP contribution in [0.25, 0.3) is 0 Å². The molecule has 5 nitrogen and oxygen atoms in total. The molecule has 0 aliphatic carbocycles. The third-order valence-corrected chi connectivity index (χ3v) is 3.04. The first kappa shape index (κ1) is 14.7. The Morgan fingerprint density at radius 1 is 1.50 bits per heavy atom. The first-order valence-electron chi connectivity index (χ1n) is 5.96. The van der Waals surface area contributed by atoms with Gasteiger partial charge in [0, 0.05) is 11.6 Å². The molecule has 0 unspecified atom stereocenters. The molecule has 2 rings (SSSR count). The van der Waals surface area contributed by atoms with Gasteiger partial charge in [-0.3, -0.25) is 5.32 Å². The molecule has 2 aromatic rings. The van der Waals surface area contributed by atoms with Crippen LogP contribution in [0.3, 0.4) is 0 Å². The second-order valence-electron chi connectivity index (χ2n) is 3.99. The lowest BCUT2D eigenvalue weighted by Crippen LogP contribution is -2.28. The summed E-state index contributed by atoms with van der Waals surface area (Å²) in [7, 11) is 0. The van der Waals surface area contributed by atoms with Crippen LogP contribution < -0.4 is 10.6 Å². The number of hydrogen-bond acceptors (Lipinski definition) is 3. The molecule has 1 aromatic heterocycles. The third-order valence-electron chi connectivity index (χ3n) is 2.45. The van der Waals surface area contributed by atoms with E-state index in [1.165, 1.54) is 12.1 Å². The summed E-state index contributed by atoms with van der Waals surface area (Å²) in [5.41, 5.74) is 0.763. The van der Waals surface area contributed by atoms with Crippen LogP contribution in [0, 0.1) is 5.82 Å². The zero-order valence-corrected chi connectivity index (χ0v) is 12.3. The second-order valence-corrected chi connectivity index (χ2v) is 4.80. The number of rotatable bonds is 4. The van der Waals surface area contributed by atoms with E-state index in [1.807, 2.05) is 6.92 Å². The van der Waals surface area contributed by atoms with Crippen molar-refractivity contribution in [3.63, 3.8) is 0 Å². The van der Waals surface area contributed by atoms with E-state index in [4.69, 9.17) is 23.8 Å². The fourth-order valence-corrected chi connectivity index (χ4v) is 2.02. The van der Waals surface area contributed by atoms with Gasteiger partial charge in [0.05, 0.1) is 6.54 Å². The summed E-state index contributed by atoms with van der Waals surface area (Å²) in [4.78, 5) is 4.08. The zero-order chi connectivity index (χ0) is 14.5. The quantitative estimate of drug-likeness (QED) is 0.849. The Hall–Kier alpha value is -1.73. The lowest BCUT2D eigenvalue weighted by Gasteiger charge is -2.05. The third kappa shape index (κ3) is 3.88. The number of benzene rings is 1. The molecule has 0 amide bonds. The number of aromatic nitrogens is 3. The Morgan fingerprint density at radius 2 is 2.30 bits per heavy atom. The maximum absolute atomic E-state index is 13.0. The summed E-state index contributed by atoms with van der Waals surface area (Å²) in [6.07, 6.45) is 1.55. The molecule has 0 aliphatic heterocycles. The number of anilines is 1. The van der Waals surface area contributed by atoms with Gasteiger partial charge < -0.3 is 5.32 Å². The van der Waals surface area contributed by atoms with Crippen LogP contribution in [0.15, 0.2) is 24.5 Å². The zero-order valence-electron chi connectivity index (χ0n) is 10.7. The molecule has 0 radical (unpaired) electrons. The molecule has 0 spiro atoms. The number of thiocarbonyl (C=S) groups is 1. The smallest absolute Gasteiger partial charge is 0.248 e. The Labute approximate surface area is 126 Å². The SMILES string of the molecule is CCNC(=S)Nc1ncn(Cc2ccc(F)cc2Cl)n1. The fraction of sp³-hybridized carbons (Fsp3) is 0.250. The Kier molecular flexibility index (Phi) is 4.86. The van der Waals surface area contributed by atoms with Gasteiger partial charge in [0.25, 0.3) is 0 Å². The minimum Gasteiger partial charge on any atom is -0.363 e. The number of nitrogens with zero attached hydrogens (tertiary/aromatic N) is 3. The average molecular weight is 314 g/mol. The standard InChI is InChI=1S/C12H13ClFN5S/c1-2-15-12(20)17-11-16-7-19(18-11)6-8-3-4-9(14)5-10(8)13/h3-5,7H,2,6H2,1H3,(H2,15,17,18,20). The van der Waals surface area contributed by atoms with Crippen molar-refractivity contribution in [1.29, 1.82) is 0 Å². The Balaban J connectivity index is 2.04. The van der Waals surface area contributed by atoms with Crippen molar-refractivity contribution in [2.75, 3.05) is 11.9 Å². The van der Waals surface area contributed by atoms with E-state index in [0.717, 1.165) is 12.1 Å². The van der Waals surface area contributed by atoms with Crippen LogP contribution in [-0.2, 0) is 6.54 Å². The van der Waals surface area contributed by atoms with Crippen LogP contribution in [-0.4, -0.2) is 26.4 Å². The Morgan fingerprint density at radius 3 is 3.00 bits per heavy atom. The predicted octanol–water partition coefficient (Wildman–Crippen LogP) is 2.43. The van der Waals surface area contributed by atoms with Gasteiger partial charge in [-0.05, 0) is 36.8 Å². The molecule has 2 N–H and O–H groups in total. The van der Waals surface area contributed by atoms with Crippen molar-refractivity contribution in [3.05, 3.63) is 40.9 Å². The van der Waals surface area contributed by atoms with Crippen molar-refractivity contribution in [1.82, 2.24) is 20.1 Å². The van der Waals surface area contributed by atoms with Crippen LogP contribution in [0.1, 0.15) is 12.5 Å². The van der Waals surface area contributed by atoms with Gasteiger partial charge in [-0.2, -0.15) is 0 Å². The van der Waals surface area contributed by atoms with Gasteiger partial charge >= 0.3 is 0 Å². The maximum atomic E-state index is 13.0. The van der Waals surface area contributed by atoms with Gasteiger partial charge in [-0.1, -0.05) is 17.7 Å². The van der Waals surface area contributed by atoms with Crippen molar-refractivity contribution in [2.45, 2.75) is 13.5 Å². The summed E-state index contributed by atoms with van der Waals surface area (Å²) in [6, 6.07) is 4.25. The fourth-order valence-electron chi connectivity index (χ4n) is 1.56. The van der Waals surface area contributed by atoms with Gasteiger partial charge in [-0.15, -0.1) is 5.10 Å². The molecule has 0 aliphatic rings. The van der Waals surface area contributed by atoms with Crippen LogP contribution in [0.5, 0.6) is 0 Å². The Bertz CT molecular complexity index is 616. The van der Waals surface area contributed by atoms with Crippen molar-refractivity contribution in [3.8, 4) is 0 Å². The van der Waals surface area contributed by atoms with Gasteiger partial charge in [0.2, 0.25) is 5.95 Å².